The van der Waals surface area contributed by atoms with Crippen LogP contribution in [0, 0.1) is 13.8 Å². The Balaban J connectivity index is 1.57. The first-order valence-corrected chi connectivity index (χ1v) is 11.1. The van der Waals surface area contributed by atoms with Gasteiger partial charge in [0.2, 0.25) is 0 Å². The summed E-state index contributed by atoms with van der Waals surface area (Å²) in [7, 11) is -3.69. The van der Waals surface area contributed by atoms with Crippen LogP contribution in [0.25, 0.3) is 0 Å². The number of nitrogens with zero attached hydrogens (tertiary/aromatic N) is 1. The third kappa shape index (κ3) is 5.79. The number of carbonyl (C=O) groups excluding carboxylic acids is 1. The molecule has 0 saturated carbocycles. The normalized spacial score (nSPS) is 15.1. The largest absolute Gasteiger partial charge is 0.379 e. The molecule has 1 aliphatic heterocycles. The molecule has 1 fully saturated rings. The van der Waals surface area contributed by atoms with E-state index in [0.717, 1.165) is 38.4 Å². The number of aryl methyl sites for hydroxylation is 2. The Bertz CT molecular complexity index is 952. The number of nitrogens with one attached hydrogen (secondary N) is 2. The lowest BCUT2D eigenvalue weighted by atomic mass is 10.2. The van der Waals surface area contributed by atoms with E-state index in [1.54, 1.807) is 43.3 Å². The van der Waals surface area contributed by atoms with Crippen LogP contribution in [-0.4, -0.2) is 58.6 Å². The highest BCUT2D eigenvalue weighted by molar-refractivity contribution is 7.92. The fraction of sp³-hybridized carbons (Fsp3) is 0.381. The zero-order chi connectivity index (χ0) is 20.9. The molecule has 0 aromatic heterocycles. The minimum atomic E-state index is -3.69. The molecule has 8 heteroatoms. The van der Waals surface area contributed by atoms with Gasteiger partial charge in [0.15, 0.2) is 0 Å². The van der Waals surface area contributed by atoms with Crippen molar-refractivity contribution in [2.24, 2.45) is 0 Å². The molecule has 1 amide bonds. The predicted molar refractivity (Wildman–Crippen MR) is 113 cm³/mol. The molecule has 0 atom stereocenters. The van der Waals surface area contributed by atoms with Crippen LogP contribution in [0.15, 0.2) is 47.4 Å². The van der Waals surface area contributed by atoms with E-state index in [-0.39, 0.29) is 10.8 Å². The fourth-order valence-electron chi connectivity index (χ4n) is 3.15. The van der Waals surface area contributed by atoms with Crippen molar-refractivity contribution in [2.75, 3.05) is 44.1 Å². The van der Waals surface area contributed by atoms with Crippen LogP contribution in [-0.2, 0) is 14.8 Å². The number of anilines is 1. The van der Waals surface area contributed by atoms with Crippen molar-refractivity contribution >= 4 is 21.6 Å². The number of amides is 1. The quantitative estimate of drug-likeness (QED) is 0.721. The summed E-state index contributed by atoms with van der Waals surface area (Å²) in [5.41, 5.74) is 2.46. The average molecular weight is 418 g/mol. The van der Waals surface area contributed by atoms with Crippen molar-refractivity contribution < 1.29 is 17.9 Å². The summed E-state index contributed by atoms with van der Waals surface area (Å²) in [5.74, 6) is -0.179. The number of benzene rings is 2. The third-order valence-electron chi connectivity index (χ3n) is 4.85. The number of morpholine rings is 1. The lowest BCUT2D eigenvalue weighted by molar-refractivity contribution is 0.0383. The molecule has 1 aliphatic rings. The van der Waals surface area contributed by atoms with Crippen molar-refractivity contribution in [1.29, 1.82) is 0 Å². The Morgan fingerprint density at radius 1 is 1.07 bits per heavy atom. The number of ether oxygens (including phenoxy) is 1. The molecule has 0 bridgehead atoms. The first kappa shape index (κ1) is 21.3. The standard InChI is InChI=1S/C21H27N3O4S/c1-16-3-4-17(2)20(15-16)29(26,27)23-19-7-5-18(6-8-19)21(25)22-9-10-24-11-13-28-14-12-24/h3-8,15,23H,9-14H2,1-2H3,(H,22,25). The van der Waals surface area contributed by atoms with Crippen LogP contribution < -0.4 is 10.0 Å². The summed E-state index contributed by atoms with van der Waals surface area (Å²) < 4.78 is 33.2. The second-order valence-electron chi connectivity index (χ2n) is 7.16. The van der Waals surface area contributed by atoms with E-state index in [4.69, 9.17) is 4.74 Å². The molecule has 2 aromatic carbocycles. The van der Waals surface area contributed by atoms with Gasteiger partial charge in [0, 0.05) is 37.4 Å². The van der Waals surface area contributed by atoms with E-state index in [1.165, 1.54) is 0 Å². The van der Waals surface area contributed by atoms with Crippen molar-refractivity contribution in [1.82, 2.24) is 10.2 Å². The third-order valence-corrected chi connectivity index (χ3v) is 6.37. The number of rotatable bonds is 7. The first-order chi connectivity index (χ1) is 13.8. The Hall–Kier alpha value is -2.42. The van der Waals surface area contributed by atoms with Gasteiger partial charge in [0.1, 0.15) is 0 Å². The summed E-state index contributed by atoms with van der Waals surface area (Å²) in [6.07, 6.45) is 0. The maximum Gasteiger partial charge on any atom is 0.262 e. The molecule has 1 saturated heterocycles. The zero-order valence-electron chi connectivity index (χ0n) is 16.8. The van der Waals surface area contributed by atoms with Crippen molar-refractivity contribution in [2.45, 2.75) is 18.7 Å². The van der Waals surface area contributed by atoms with Gasteiger partial charge in [-0.05, 0) is 55.3 Å². The predicted octanol–water partition coefficient (Wildman–Crippen LogP) is 2.17. The van der Waals surface area contributed by atoms with Gasteiger partial charge < -0.3 is 10.1 Å². The Morgan fingerprint density at radius 2 is 1.76 bits per heavy atom. The smallest absolute Gasteiger partial charge is 0.262 e. The highest BCUT2D eigenvalue weighted by Crippen LogP contribution is 2.21. The molecular weight excluding hydrogens is 390 g/mol. The van der Waals surface area contributed by atoms with E-state index in [0.29, 0.717) is 23.4 Å². The second kappa shape index (κ2) is 9.39. The van der Waals surface area contributed by atoms with Crippen molar-refractivity contribution in [3.05, 3.63) is 59.2 Å². The molecule has 29 heavy (non-hydrogen) atoms. The SMILES string of the molecule is Cc1ccc(C)c(S(=O)(=O)Nc2ccc(C(=O)NCCN3CCOCC3)cc2)c1. The minimum absolute atomic E-state index is 0.179. The van der Waals surface area contributed by atoms with E-state index in [9.17, 15) is 13.2 Å². The van der Waals surface area contributed by atoms with Crippen LogP contribution in [0.3, 0.4) is 0 Å². The van der Waals surface area contributed by atoms with Gasteiger partial charge in [0.05, 0.1) is 18.1 Å². The van der Waals surface area contributed by atoms with Crippen molar-refractivity contribution in [3.8, 4) is 0 Å². The van der Waals surface area contributed by atoms with Crippen molar-refractivity contribution in [3.63, 3.8) is 0 Å². The number of hydrogen-bond acceptors (Lipinski definition) is 5. The molecule has 1 heterocycles. The lowest BCUT2D eigenvalue weighted by Crippen LogP contribution is -2.41. The van der Waals surface area contributed by atoms with Gasteiger partial charge >= 0.3 is 0 Å². The van der Waals surface area contributed by atoms with Crippen LogP contribution in [0.5, 0.6) is 0 Å². The molecule has 3 rings (SSSR count). The molecule has 0 spiro atoms. The van der Waals surface area contributed by atoms with Crippen LogP contribution >= 0.6 is 0 Å². The summed E-state index contributed by atoms with van der Waals surface area (Å²) in [6.45, 7) is 8.17. The average Bonchev–Trinajstić information content (AvgIpc) is 2.70. The summed E-state index contributed by atoms with van der Waals surface area (Å²) in [4.78, 5) is 14.8. The van der Waals surface area contributed by atoms with E-state index >= 15 is 0 Å². The van der Waals surface area contributed by atoms with Gasteiger partial charge in [-0.15, -0.1) is 0 Å². The molecular formula is C21H27N3O4S. The Labute approximate surface area is 172 Å². The highest BCUT2D eigenvalue weighted by atomic mass is 32.2. The molecule has 0 aliphatic carbocycles. The van der Waals surface area contributed by atoms with Crippen LogP contribution in [0.1, 0.15) is 21.5 Å². The molecule has 7 nitrogen and oxygen atoms in total. The van der Waals surface area contributed by atoms with E-state index in [1.807, 2.05) is 13.0 Å². The van der Waals surface area contributed by atoms with Gasteiger partial charge in [-0.3, -0.25) is 14.4 Å². The molecule has 2 aromatic rings. The minimum Gasteiger partial charge on any atom is -0.379 e. The molecule has 0 unspecified atom stereocenters. The highest BCUT2D eigenvalue weighted by Gasteiger charge is 2.17. The van der Waals surface area contributed by atoms with E-state index < -0.39 is 10.0 Å². The van der Waals surface area contributed by atoms with Gasteiger partial charge in [-0.25, -0.2) is 8.42 Å². The first-order valence-electron chi connectivity index (χ1n) is 9.63. The number of sulfonamides is 1. The van der Waals surface area contributed by atoms with Gasteiger partial charge in [-0.2, -0.15) is 0 Å². The van der Waals surface area contributed by atoms with E-state index in [2.05, 4.69) is 14.9 Å². The van der Waals surface area contributed by atoms with Crippen LogP contribution in [0.4, 0.5) is 5.69 Å². The van der Waals surface area contributed by atoms with Gasteiger partial charge in [0.25, 0.3) is 15.9 Å². The summed E-state index contributed by atoms with van der Waals surface area (Å²) in [6, 6.07) is 11.7. The molecule has 2 N–H and O–H groups in total. The maximum absolute atomic E-state index is 12.7. The molecule has 156 valence electrons. The zero-order valence-corrected chi connectivity index (χ0v) is 17.6. The summed E-state index contributed by atoms with van der Waals surface area (Å²) >= 11 is 0. The summed E-state index contributed by atoms with van der Waals surface area (Å²) in [5, 5.41) is 2.89. The lowest BCUT2D eigenvalue weighted by Gasteiger charge is -2.26. The monoisotopic (exact) mass is 417 g/mol. The maximum atomic E-state index is 12.7. The fourth-order valence-corrected chi connectivity index (χ4v) is 4.54. The second-order valence-corrected chi connectivity index (χ2v) is 8.81. The van der Waals surface area contributed by atoms with Gasteiger partial charge in [-0.1, -0.05) is 12.1 Å². The Kier molecular flexibility index (Phi) is 6.89. The Morgan fingerprint density at radius 3 is 2.45 bits per heavy atom. The topological polar surface area (TPSA) is 87.7 Å². The van der Waals surface area contributed by atoms with Crippen LogP contribution in [0.2, 0.25) is 0 Å². The number of carbonyl (C=O) groups is 1. The molecule has 0 radical (unpaired) electrons. The number of hydrogen-bond donors (Lipinski definition) is 2.